The van der Waals surface area contributed by atoms with Gasteiger partial charge < -0.3 is 10.1 Å². The number of nitrogens with zero attached hydrogens (tertiary/aromatic N) is 2. The maximum Gasteiger partial charge on any atom is 0.251 e. The SMILES string of the molecule is O=C(NCc1ccc(Br)cc1)c1cccc(Oc2cc(-c3ccccc3)ncn2)c1. The Hall–Kier alpha value is -3.51. The lowest BCUT2D eigenvalue weighted by Gasteiger charge is -2.09. The molecule has 0 fully saturated rings. The molecule has 0 radical (unpaired) electrons. The van der Waals surface area contributed by atoms with E-state index in [0.29, 0.717) is 23.7 Å². The molecule has 4 rings (SSSR count). The van der Waals surface area contributed by atoms with Crippen LogP contribution in [0, 0.1) is 0 Å². The minimum absolute atomic E-state index is 0.170. The first-order chi connectivity index (χ1) is 14.7. The summed E-state index contributed by atoms with van der Waals surface area (Å²) in [5.74, 6) is 0.774. The molecule has 0 aliphatic carbocycles. The number of amides is 1. The molecule has 0 saturated heterocycles. The Labute approximate surface area is 182 Å². The molecule has 1 aromatic heterocycles. The van der Waals surface area contributed by atoms with Gasteiger partial charge in [0.1, 0.15) is 12.1 Å². The average Bonchev–Trinajstić information content (AvgIpc) is 2.79. The molecular formula is C24H18BrN3O2. The lowest BCUT2D eigenvalue weighted by Crippen LogP contribution is -2.22. The fraction of sp³-hybridized carbons (Fsp3) is 0.0417. The fourth-order valence-corrected chi connectivity index (χ4v) is 3.13. The number of rotatable bonds is 6. The monoisotopic (exact) mass is 459 g/mol. The number of halogens is 1. The second kappa shape index (κ2) is 9.33. The summed E-state index contributed by atoms with van der Waals surface area (Å²) in [7, 11) is 0. The third-order valence-electron chi connectivity index (χ3n) is 4.40. The predicted octanol–water partition coefficient (Wildman–Crippen LogP) is 5.63. The Bertz CT molecular complexity index is 1150. The smallest absolute Gasteiger partial charge is 0.251 e. The topological polar surface area (TPSA) is 64.1 Å². The summed E-state index contributed by atoms with van der Waals surface area (Å²) in [5, 5.41) is 2.92. The van der Waals surface area contributed by atoms with E-state index in [-0.39, 0.29) is 5.91 Å². The summed E-state index contributed by atoms with van der Waals surface area (Å²) in [6.07, 6.45) is 1.46. The highest BCUT2D eigenvalue weighted by Gasteiger charge is 2.09. The molecule has 0 unspecified atom stereocenters. The number of hydrogen-bond acceptors (Lipinski definition) is 4. The van der Waals surface area contributed by atoms with Gasteiger partial charge in [-0.15, -0.1) is 0 Å². The van der Waals surface area contributed by atoms with Crippen LogP contribution in [0.1, 0.15) is 15.9 Å². The minimum Gasteiger partial charge on any atom is -0.439 e. The first-order valence-electron chi connectivity index (χ1n) is 9.35. The Morgan fingerprint density at radius 3 is 2.50 bits per heavy atom. The van der Waals surface area contributed by atoms with Crippen molar-refractivity contribution < 1.29 is 9.53 Å². The van der Waals surface area contributed by atoms with Crippen LogP contribution in [0.5, 0.6) is 11.6 Å². The molecule has 30 heavy (non-hydrogen) atoms. The van der Waals surface area contributed by atoms with Crippen molar-refractivity contribution in [3.05, 3.63) is 107 Å². The van der Waals surface area contributed by atoms with Gasteiger partial charge in [0.2, 0.25) is 5.88 Å². The van der Waals surface area contributed by atoms with E-state index in [1.54, 1.807) is 30.3 Å². The average molecular weight is 460 g/mol. The van der Waals surface area contributed by atoms with Crippen LogP contribution in [0.3, 0.4) is 0 Å². The highest BCUT2D eigenvalue weighted by molar-refractivity contribution is 9.10. The van der Waals surface area contributed by atoms with Crippen molar-refractivity contribution >= 4 is 21.8 Å². The van der Waals surface area contributed by atoms with Crippen LogP contribution in [0.2, 0.25) is 0 Å². The molecule has 0 bridgehead atoms. The van der Waals surface area contributed by atoms with Crippen molar-refractivity contribution in [3.63, 3.8) is 0 Å². The standard InChI is InChI=1S/C24H18BrN3O2/c25-20-11-9-17(10-12-20)15-26-24(29)19-7-4-8-21(13-19)30-23-14-22(27-16-28-23)18-5-2-1-3-6-18/h1-14,16H,15H2,(H,26,29). The van der Waals surface area contributed by atoms with Gasteiger partial charge in [0.15, 0.2) is 0 Å². The molecule has 4 aromatic rings. The number of hydrogen-bond donors (Lipinski definition) is 1. The van der Waals surface area contributed by atoms with Gasteiger partial charge in [-0.25, -0.2) is 9.97 Å². The van der Waals surface area contributed by atoms with E-state index in [2.05, 4.69) is 31.2 Å². The molecule has 1 heterocycles. The number of carbonyl (C=O) groups is 1. The molecule has 0 aliphatic heterocycles. The van der Waals surface area contributed by atoms with Crippen LogP contribution in [0.15, 0.2) is 95.7 Å². The molecule has 1 N–H and O–H groups in total. The molecule has 5 nitrogen and oxygen atoms in total. The van der Waals surface area contributed by atoms with Crippen LogP contribution in [-0.4, -0.2) is 15.9 Å². The Balaban J connectivity index is 1.44. The molecule has 0 aliphatic rings. The Morgan fingerprint density at radius 2 is 1.70 bits per heavy atom. The van der Waals surface area contributed by atoms with Gasteiger partial charge in [-0.05, 0) is 35.9 Å². The Kier molecular flexibility index (Phi) is 6.15. The normalized spacial score (nSPS) is 10.4. The highest BCUT2D eigenvalue weighted by Crippen LogP contribution is 2.24. The second-order valence-electron chi connectivity index (χ2n) is 6.55. The van der Waals surface area contributed by atoms with Crippen LogP contribution in [0.4, 0.5) is 0 Å². The molecule has 0 spiro atoms. The molecule has 1 amide bonds. The fourth-order valence-electron chi connectivity index (χ4n) is 2.87. The lowest BCUT2D eigenvalue weighted by atomic mass is 10.1. The van der Waals surface area contributed by atoms with E-state index in [1.165, 1.54) is 6.33 Å². The zero-order valence-corrected chi connectivity index (χ0v) is 17.5. The van der Waals surface area contributed by atoms with Gasteiger partial charge in [-0.3, -0.25) is 4.79 Å². The summed E-state index contributed by atoms with van der Waals surface area (Å²) in [6, 6.07) is 26.4. The van der Waals surface area contributed by atoms with E-state index >= 15 is 0 Å². The van der Waals surface area contributed by atoms with Crippen LogP contribution < -0.4 is 10.1 Å². The Morgan fingerprint density at radius 1 is 0.900 bits per heavy atom. The first kappa shape index (κ1) is 19.8. The summed E-state index contributed by atoms with van der Waals surface area (Å²) in [5.41, 5.74) is 3.28. The van der Waals surface area contributed by atoms with E-state index in [0.717, 1.165) is 21.3 Å². The molecule has 0 atom stereocenters. The van der Waals surface area contributed by atoms with Crippen LogP contribution in [0.25, 0.3) is 11.3 Å². The molecule has 0 saturated carbocycles. The quantitative estimate of drug-likeness (QED) is 0.405. The van der Waals surface area contributed by atoms with Crippen LogP contribution in [-0.2, 0) is 6.54 Å². The summed E-state index contributed by atoms with van der Waals surface area (Å²) < 4.78 is 6.87. The maximum atomic E-state index is 12.5. The van der Waals surface area contributed by atoms with E-state index < -0.39 is 0 Å². The van der Waals surface area contributed by atoms with Gasteiger partial charge in [0, 0.05) is 28.2 Å². The molecular weight excluding hydrogens is 442 g/mol. The van der Waals surface area contributed by atoms with E-state index in [9.17, 15) is 4.79 Å². The minimum atomic E-state index is -0.170. The number of carbonyl (C=O) groups excluding carboxylic acids is 1. The third kappa shape index (κ3) is 5.10. The highest BCUT2D eigenvalue weighted by atomic mass is 79.9. The van der Waals surface area contributed by atoms with Crippen molar-refractivity contribution in [2.75, 3.05) is 0 Å². The maximum absolute atomic E-state index is 12.5. The van der Waals surface area contributed by atoms with Gasteiger partial charge in [0.05, 0.1) is 5.69 Å². The van der Waals surface area contributed by atoms with Crippen LogP contribution >= 0.6 is 15.9 Å². The predicted molar refractivity (Wildman–Crippen MR) is 119 cm³/mol. The molecule has 6 heteroatoms. The largest absolute Gasteiger partial charge is 0.439 e. The number of ether oxygens (including phenoxy) is 1. The van der Waals surface area contributed by atoms with Gasteiger partial charge in [-0.1, -0.05) is 64.5 Å². The van der Waals surface area contributed by atoms with Crippen molar-refractivity contribution in [1.82, 2.24) is 15.3 Å². The zero-order chi connectivity index (χ0) is 20.8. The zero-order valence-electron chi connectivity index (χ0n) is 16.0. The van der Waals surface area contributed by atoms with Gasteiger partial charge in [-0.2, -0.15) is 0 Å². The summed E-state index contributed by atoms with van der Waals surface area (Å²) >= 11 is 3.40. The van der Waals surface area contributed by atoms with Crippen molar-refractivity contribution in [2.45, 2.75) is 6.54 Å². The number of nitrogens with one attached hydrogen (secondary N) is 1. The van der Waals surface area contributed by atoms with E-state index in [4.69, 9.17) is 4.74 Å². The van der Waals surface area contributed by atoms with Gasteiger partial charge in [0.25, 0.3) is 5.91 Å². The van der Waals surface area contributed by atoms with Gasteiger partial charge >= 0.3 is 0 Å². The summed E-state index contributed by atoms with van der Waals surface area (Å²) in [4.78, 5) is 21.0. The second-order valence-corrected chi connectivity index (χ2v) is 7.46. The number of aromatic nitrogens is 2. The molecule has 3 aromatic carbocycles. The first-order valence-corrected chi connectivity index (χ1v) is 10.1. The lowest BCUT2D eigenvalue weighted by molar-refractivity contribution is 0.0950. The number of benzene rings is 3. The summed E-state index contributed by atoms with van der Waals surface area (Å²) in [6.45, 7) is 0.448. The van der Waals surface area contributed by atoms with Crippen molar-refractivity contribution in [3.8, 4) is 22.9 Å². The molecule has 148 valence electrons. The third-order valence-corrected chi connectivity index (χ3v) is 4.93. The van der Waals surface area contributed by atoms with Crippen molar-refractivity contribution in [2.24, 2.45) is 0 Å². The van der Waals surface area contributed by atoms with Crippen molar-refractivity contribution in [1.29, 1.82) is 0 Å². The van der Waals surface area contributed by atoms with E-state index in [1.807, 2.05) is 54.6 Å².